The normalized spacial score (nSPS) is 12.0. The third kappa shape index (κ3) is 2.97. The largest absolute Gasteiger partial charge is 0.461 e. The first-order valence-corrected chi connectivity index (χ1v) is 11.1. The molecule has 0 fully saturated rings. The molecule has 0 N–H and O–H groups in total. The SMILES string of the molecule is Cc1ccc(C)c(S(=O)(=O)N(C)c2nc3ccccc3n3c(-c4ccco4)nnc23)c1. The van der Waals surface area contributed by atoms with Gasteiger partial charge in [0.15, 0.2) is 11.6 Å². The van der Waals surface area contributed by atoms with E-state index in [0.717, 1.165) is 15.4 Å². The van der Waals surface area contributed by atoms with Gasteiger partial charge in [-0.15, -0.1) is 10.2 Å². The van der Waals surface area contributed by atoms with Gasteiger partial charge in [-0.3, -0.25) is 4.40 Å². The standard InChI is InChI=1S/C22H19N5O3S/c1-14-10-11-15(2)19(13-14)31(28,29)26(3)21-22-25-24-20(18-9-6-12-30-18)27(22)17-8-5-4-7-16(17)23-21/h4-13H,1-3H3. The third-order valence-electron chi connectivity index (χ3n) is 5.23. The molecule has 3 heterocycles. The van der Waals surface area contributed by atoms with E-state index < -0.39 is 10.0 Å². The molecule has 3 aromatic heterocycles. The molecule has 9 heteroatoms. The van der Waals surface area contributed by atoms with Crippen LogP contribution in [-0.4, -0.2) is 35.0 Å². The van der Waals surface area contributed by atoms with Crippen molar-refractivity contribution in [3.63, 3.8) is 0 Å². The topological polar surface area (TPSA) is 93.6 Å². The molecule has 0 saturated heterocycles. The van der Waals surface area contributed by atoms with Gasteiger partial charge in [0, 0.05) is 7.05 Å². The van der Waals surface area contributed by atoms with E-state index in [0.29, 0.717) is 28.3 Å². The minimum atomic E-state index is -3.88. The number of rotatable bonds is 4. The number of furan rings is 1. The molecule has 0 aliphatic heterocycles. The summed E-state index contributed by atoms with van der Waals surface area (Å²) in [7, 11) is -2.40. The first-order valence-electron chi connectivity index (χ1n) is 9.62. The lowest BCUT2D eigenvalue weighted by Gasteiger charge is -2.21. The minimum absolute atomic E-state index is 0.185. The van der Waals surface area contributed by atoms with Gasteiger partial charge in [0.1, 0.15) is 0 Å². The molecule has 0 saturated carbocycles. The van der Waals surface area contributed by atoms with Crippen molar-refractivity contribution in [3.8, 4) is 11.6 Å². The van der Waals surface area contributed by atoms with Crippen molar-refractivity contribution in [2.45, 2.75) is 18.7 Å². The summed E-state index contributed by atoms with van der Waals surface area (Å²) in [6.07, 6.45) is 1.55. The number of aromatic nitrogens is 4. The second-order valence-electron chi connectivity index (χ2n) is 7.33. The highest BCUT2D eigenvalue weighted by Gasteiger charge is 2.28. The quantitative estimate of drug-likeness (QED) is 0.426. The van der Waals surface area contributed by atoms with Crippen LogP contribution in [0.4, 0.5) is 5.82 Å². The summed E-state index contributed by atoms with van der Waals surface area (Å²) in [5, 5.41) is 8.55. The predicted molar refractivity (Wildman–Crippen MR) is 117 cm³/mol. The minimum Gasteiger partial charge on any atom is -0.461 e. The van der Waals surface area contributed by atoms with Gasteiger partial charge in [-0.25, -0.2) is 17.7 Å². The molecular formula is C22H19N5O3S. The lowest BCUT2D eigenvalue weighted by atomic mass is 10.2. The Labute approximate surface area is 178 Å². The Morgan fingerprint density at radius 3 is 2.58 bits per heavy atom. The van der Waals surface area contributed by atoms with Gasteiger partial charge >= 0.3 is 0 Å². The molecule has 0 aliphatic rings. The van der Waals surface area contributed by atoms with E-state index in [9.17, 15) is 8.42 Å². The van der Waals surface area contributed by atoms with Gasteiger partial charge in [0.25, 0.3) is 10.0 Å². The number of para-hydroxylation sites is 2. The first kappa shape index (κ1) is 19.3. The van der Waals surface area contributed by atoms with E-state index in [4.69, 9.17) is 4.42 Å². The monoisotopic (exact) mass is 433 g/mol. The molecule has 2 aromatic carbocycles. The zero-order valence-corrected chi connectivity index (χ0v) is 18.0. The molecule has 0 amide bonds. The highest BCUT2D eigenvalue weighted by atomic mass is 32.2. The van der Waals surface area contributed by atoms with Crippen LogP contribution < -0.4 is 4.31 Å². The fraction of sp³-hybridized carbons (Fsp3) is 0.136. The average Bonchev–Trinajstić information content (AvgIpc) is 3.44. The molecule has 0 atom stereocenters. The summed E-state index contributed by atoms with van der Waals surface area (Å²) in [6.45, 7) is 3.63. The number of nitrogens with zero attached hydrogens (tertiary/aromatic N) is 5. The Hall–Kier alpha value is -3.72. The van der Waals surface area contributed by atoms with Crippen LogP contribution >= 0.6 is 0 Å². The summed E-state index contributed by atoms with van der Waals surface area (Å²) >= 11 is 0. The maximum atomic E-state index is 13.5. The zero-order chi connectivity index (χ0) is 21.8. The van der Waals surface area contributed by atoms with Gasteiger partial charge in [0.2, 0.25) is 11.5 Å². The van der Waals surface area contributed by atoms with Crippen molar-refractivity contribution in [1.82, 2.24) is 19.6 Å². The molecule has 156 valence electrons. The molecule has 0 unspecified atom stereocenters. The van der Waals surface area contributed by atoms with Gasteiger partial charge in [-0.1, -0.05) is 24.3 Å². The Balaban J connectivity index is 1.79. The maximum Gasteiger partial charge on any atom is 0.265 e. The van der Waals surface area contributed by atoms with Crippen LogP contribution in [0.15, 0.2) is 70.2 Å². The molecular weight excluding hydrogens is 414 g/mol. The van der Waals surface area contributed by atoms with Crippen LogP contribution in [0.1, 0.15) is 11.1 Å². The van der Waals surface area contributed by atoms with Gasteiger partial charge in [-0.2, -0.15) is 0 Å². The van der Waals surface area contributed by atoms with Gasteiger partial charge in [-0.05, 0) is 55.3 Å². The Bertz CT molecular complexity index is 1540. The van der Waals surface area contributed by atoms with Crippen LogP contribution in [0.5, 0.6) is 0 Å². The lowest BCUT2D eigenvalue weighted by Crippen LogP contribution is -2.29. The zero-order valence-electron chi connectivity index (χ0n) is 17.1. The summed E-state index contributed by atoms with van der Waals surface area (Å²) in [4.78, 5) is 4.87. The highest BCUT2D eigenvalue weighted by molar-refractivity contribution is 7.92. The highest BCUT2D eigenvalue weighted by Crippen LogP contribution is 2.31. The maximum absolute atomic E-state index is 13.5. The Morgan fingerprint density at radius 2 is 1.81 bits per heavy atom. The number of benzene rings is 2. The third-order valence-corrected chi connectivity index (χ3v) is 7.12. The van der Waals surface area contributed by atoms with E-state index in [1.807, 2.05) is 37.3 Å². The molecule has 31 heavy (non-hydrogen) atoms. The second kappa shape index (κ2) is 6.92. The number of anilines is 1. The summed E-state index contributed by atoms with van der Waals surface area (Å²) in [5.74, 6) is 1.18. The van der Waals surface area contributed by atoms with Crippen molar-refractivity contribution >= 4 is 32.5 Å². The second-order valence-corrected chi connectivity index (χ2v) is 9.26. The lowest BCUT2D eigenvalue weighted by molar-refractivity contribution is 0.576. The molecule has 5 aromatic rings. The van der Waals surface area contributed by atoms with E-state index in [-0.39, 0.29) is 10.7 Å². The average molecular weight is 433 g/mol. The van der Waals surface area contributed by atoms with Crippen molar-refractivity contribution in [2.24, 2.45) is 0 Å². The van der Waals surface area contributed by atoms with Crippen LogP contribution in [0.25, 0.3) is 28.3 Å². The number of fused-ring (bicyclic) bond motifs is 3. The van der Waals surface area contributed by atoms with Crippen LogP contribution in [0, 0.1) is 13.8 Å². The number of sulfonamides is 1. The van der Waals surface area contributed by atoms with E-state index in [1.165, 1.54) is 7.05 Å². The van der Waals surface area contributed by atoms with Crippen molar-refractivity contribution < 1.29 is 12.8 Å². The van der Waals surface area contributed by atoms with Crippen LogP contribution in [0.3, 0.4) is 0 Å². The molecule has 8 nitrogen and oxygen atoms in total. The van der Waals surface area contributed by atoms with E-state index in [2.05, 4.69) is 15.2 Å². The van der Waals surface area contributed by atoms with Crippen molar-refractivity contribution in [2.75, 3.05) is 11.4 Å². The summed E-state index contributed by atoms with van der Waals surface area (Å²) in [6, 6.07) is 16.3. The first-order chi connectivity index (χ1) is 14.9. The summed E-state index contributed by atoms with van der Waals surface area (Å²) in [5.41, 5.74) is 3.20. The van der Waals surface area contributed by atoms with Gasteiger partial charge < -0.3 is 4.42 Å². The predicted octanol–water partition coefficient (Wildman–Crippen LogP) is 3.98. The smallest absolute Gasteiger partial charge is 0.265 e. The number of hydrogen-bond acceptors (Lipinski definition) is 6. The molecule has 0 spiro atoms. The Morgan fingerprint density at radius 1 is 1.00 bits per heavy atom. The fourth-order valence-corrected chi connectivity index (χ4v) is 5.05. The molecule has 5 rings (SSSR count). The Kier molecular flexibility index (Phi) is 4.30. The van der Waals surface area contributed by atoms with Crippen molar-refractivity contribution in [1.29, 1.82) is 0 Å². The van der Waals surface area contributed by atoms with Gasteiger partial charge in [0.05, 0.1) is 22.2 Å². The van der Waals surface area contributed by atoms with Crippen molar-refractivity contribution in [3.05, 3.63) is 72.0 Å². The van der Waals surface area contributed by atoms with E-state index in [1.54, 1.807) is 41.9 Å². The van der Waals surface area contributed by atoms with Crippen LogP contribution in [-0.2, 0) is 10.0 Å². The van der Waals surface area contributed by atoms with E-state index >= 15 is 0 Å². The molecule has 0 aliphatic carbocycles. The number of aryl methyl sites for hydroxylation is 2. The molecule has 0 bridgehead atoms. The fourth-order valence-electron chi connectivity index (χ4n) is 3.59. The van der Waals surface area contributed by atoms with Crippen LogP contribution in [0.2, 0.25) is 0 Å². The summed E-state index contributed by atoms with van der Waals surface area (Å²) < 4.78 is 35.5. The molecule has 0 radical (unpaired) electrons. The number of hydrogen-bond donors (Lipinski definition) is 0.